The third-order valence-electron chi connectivity index (χ3n) is 4.13. The number of nitrogens with one attached hydrogen (secondary N) is 2. The van der Waals surface area contributed by atoms with Crippen LogP contribution in [0.1, 0.15) is 46.0 Å². The number of rotatable bonds is 5. The van der Waals surface area contributed by atoms with E-state index in [9.17, 15) is 0 Å². The largest absolute Gasteiger partial charge is 0.314 e. The third-order valence-corrected chi connectivity index (χ3v) is 4.13. The summed E-state index contributed by atoms with van der Waals surface area (Å²) >= 11 is 0. The van der Waals surface area contributed by atoms with Gasteiger partial charge in [0.2, 0.25) is 0 Å². The summed E-state index contributed by atoms with van der Waals surface area (Å²) in [4.78, 5) is 0. The molecule has 1 aliphatic heterocycles. The zero-order chi connectivity index (χ0) is 10.1. The maximum absolute atomic E-state index is 3.66. The number of hydrogen-bond acceptors (Lipinski definition) is 2. The fourth-order valence-corrected chi connectivity index (χ4v) is 2.44. The standard InChI is InChI=1S/C12H24N2/c1-3-12(5-4-8-14-12)10-13-9-11(2)6-7-11/h13-14H,3-10H2,1-2H3. The Hall–Kier alpha value is -0.0800. The second kappa shape index (κ2) is 3.82. The molecular formula is C12H24N2. The molecule has 2 fully saturated rings. The molecule has 82 valence electrons. The average molecular weight is 196 g/mol. The van der Waals surface area contributed by atoms with Crippen molar-refractivity contribution in [2.45, 2.75) is 51.5 Å². The Kier molecular flexibility index (Phi) is 2.85. The van der Waals surface area contributed by atoms with Crippen molar-refractivity contribution in [2.24, 2.45) is 5.41 Å². The first-order valence-electron chi connectivity index (χ1n) is 6.14. The molecule has 1 atom stereocenters. The highest BCUT2D eigenvalue weighted by Gasteiger charge is 2.38. The van der Waals surface area contributed by atoms with E-state index in [1.54, 1.807) is 0 Å². The van der Waals surface area contributed by atoms with Crippen LogP contribution in [-0.2, 0) is 0 Å². The quantitative estimate of drug-likeness (QED) is 0.702. The summed E-state index contributed by atoms with van der Waals surface area (Å²) in [5, 5.41) is 7.32. The minimum Gasteiger partial charge on any atom is -0.314 e. The van der Waals surface area contributed by atoms with Gasteiger partial charge < -0.3 is 10.6 Å². The van der Waals surface area contributed by atoms with Gasteiger partial charge in [-0.15, -0.1) is 0 Å². The highest BCUT2D eigenvalue weighted by molar-refractivity contribution is 4.96. The Morgan fingerprint density at radius 3 is 2.50 bits per heavy atom. The van der Waals surface area contributed by atoms with Gasteiger partial charge in [0, 0.05) is 18.6 Å². The summed E-state index contributed by atoms with van der Waals surface area (Å²) in [5.41, 5.74) is 1.07. The molecule has 1 heterocycles. The Bertz CT molecular complexity index is 190. The molecule has 1 unspecified atom stereocenters. The monoisotopic (exact) mass is 196 g/mol. The molecule has 2 heteroatoms. The van der Waals surface area contributed by atoms with E-state index < -0.39 is 0 Å². The molecule has 0 bridgehead atoms. The van der Waals surface area contributed by atoms with Gasteiger partial charge in [-0.3, -0.25) is 0 Å². The molecule has 14 heavy (non-hydrogen) atoms. The smallest absolute Gasteiger partial charge is 0.0304 e. The maximum atomic E-state index is 3.66. The molecule has 1 saturated heterocycles. The van der Waals surface area contributed by atoms with Crippen molar-refractivity contribution in [2.75, 3.05) is 19.6 Å². The minimum absolute atomic E-state index is 0.422. The van der Waals surface area contributed by atoms with Crippen LogP contribution in [0, 0.1) is 5.41 Å². The molecular weight excluding hydrogens is 172 g/mol. The maximum Gasteiger partial charge on any atom is 0.0304 e. The summed E-state index contributed by atoms with van der Waals surface area (Å²) in [6.07, 6.45) is 6.82. The molecule has 0 aromatic rings. The predicted molar refractivity (Wildman–Crippen MR) is 60.5 cm³/mol. The molecule has 2 nitrogen and oxygen atoms in total. The van der Waals surface area contributed by atoms with Gasteiger partial charge >= 0.3 is 0 Å². The van der Waals surface area contributed by atoms with Crippen molar-refractivity contribution < 1.29 is 0 Å². The Morgan fingerprint density at radius 1 is 1.21 bits per heavy atom. The molecule has 0 radical (unpaired) electrons. The van der Waals surface area contributed by atoms with E-state index in [1.807, 2.05) is 0 Å². The SMILES string of the molecule is CCC1(CNCC2(C)CC2)CCCN1. The van der Waals surface area contributed by atoms with E-state index in [-0.39, 0.29) is 0 Å². The van der Waals surface area contributed by atoms with Crippen LogP contribution in [0.15, 0.2) is 0 Å². The van der Waals surface area contributed by atoms with Gasteiger partial charge in [0.05, 0.1) is 0 Å². The molecule has 2 rings (SSSR count). The topological polar surface area (TPSA) is 24.1 Å². The van der Waals surface area contributed by atoms with E-state index in [0.717, 1.165) is 0 Å². The third kappa shape index (κ3) is 2.29. The molecule has 0 spiro atoms. The molecule has 2 N–H and O–H groups in total. The van der Waals surface area contributed by atoms with Crippen LogP contribution in [0.4, 0.5) is 0 Å². The summed E-state index contributed by atoms with van der Waals surface area (Å²) in [5.74, 6) is 0. The van der Waals surface area contributed by atoms with Gasteiger partial charge in [0.15, 0.2) is 0 Å². The van der Waals surface area contributed by atoms with Gasteiger partial charge in [-0.2, -0.15) is 0 Å². The van der Waals surface area contributed by atoms with Crippen LogP contribution in [-0.4, -0.2) is 25.2 Å². The fourth-order valence-electron chi connectivity index (χ4n) is 2.44. The highest BCUT2D eigenvalue weighted by Crippen LogP contribution is 2.44. The van der Waals surface area contributed by atoms with Crippen LogP contribution in [0.3, 0.4) is 0 Å². The first-order chi connectivity index (χ1) is 6.68. The lowest BCUT2D eigenvalue weighted by atomic mass is 9.94. The van der Waals surface area contributed by atoms with Gasteiger partial charge in [0.1, 0.15) is 0 Å². The van der Waals surface area contributed by atoms with Crippen molar-refractivity contribution in [3.8, 4) is 0 Å². The van der Waals surface area contributed by atoms with Gasteiger partial charge in [0.25, 0.3) is 0 Å². The predicted octanol–water partition coefficient (Wildman–Crippen LogP) is 1.91. The average Bonchev–Trinajstić information content (AvgIpc) is 2.75. The molecule has 2 aliphatic rings. The number of hydrogen-bond donors (Lipinski definition) is 2. The van der Waals surface area contributed by atoms with E-state index >= 15 is 0 Å². The van der Waals surface area contributed by atoms with Crippen molar-refractivity contribution in [1.82, 2.24) is 10.6 Å². The first kappa shape index (κ1) is 10.4. The van der Waals surface area contributed by atoms with Crippen LogP contribution < -0.4 is 10.6 Å². The summed E-state index contributed by atoms with van der Waals surface area (Å²) in [7, 11) is 0. The van der Waals surface area contributed by atoms with Crippen LogP contribution >= 0.6 is 0 Å². The Morgan fingerprint density at radius 2 is 2.00 bits per heavy atom. The summed E-state index contributed by atoms with van der Waals surface area (Å²) in [6.45, 7) is 8.29. The molecule has 1 aliphatic carbocycles. The lowest BCUT2D eigenvalue weighted by molar-refractivity contribution is 0.328. The lowest BCUT2D eigenvalue weighted by Gasteiger charge is -2.29. The van der Waals surface area contributed by atoms with Crippen LogP contribution in [0.25, 0.3) is 0 Å². The second-order valence-corrected chi connectivity index (χ2v) is 5.58. The Balaban J connectivity index is 1.72. The zero-order valence-corrected chi connectivity index (χ0v) is 9.66. The van der Waals surface area contributed by atoms with E-state index in [1.165, 1.54) is 51.7 Å². The van der Waals surface area contributed by atoms with Crippen molar-refractivity contribution >= 4 is 0 Å². The normalized spacial score (nSPS) is 34.7. The zero-order valence-electron chi connectivity index (χ0n) is 9.66. The van der Waals surface area contributed by atoms with Crippen molar-refractivity contribution in [1.29, 1.82) is 0 Å². The first-order valence-corrected chi connectivity index (χ1v) is 6.14. The van der Waals surface area contributed by atoms with Crippen LogP contribution in [0.5, 0.6) is 0 Å². The van der Waals surface area contributed by atoms with E-state index in [0.29, 0.717) is 11.0 Å². The van der Waals surface area contributed by atoms with Crippen molar-refractivity contribution in [3.05, 3.63) is 0 Å². The summed E-state index contributed by atoms with van der Waals surface area (Å²) < 4.78 is 0. The molecule has 0 aromatic heterocycles. The van der Waals surface area contributed by atoms with Gasteiger partial charge in [-0.25, -0.2) is 0 Å². The Labute approximate surface area is 87.8 Å². The summed E-state index contributed by atoms with van der Waals surface area (Å²) in [6, 6.07) is 0. The van der Waals surface area contributed by atoms with Crippen LogP contribution in [0.2, 0.25) is 0 Å². The fraction of sp³-hybridized carbons (Fsp3) is 1.00. The molecule has 0 amide bonds. The van der Waals surface area contributed by atoms with E-state index in [4.69, 9.17) is 0 Å². The van der Waals surface area contributed by atoms with Crippen molar-refractivity contribution in [3.63, 3.8) is 0 Å². The lowest BCUT2D eigenvalue weighted by Crippen LogP contribution is -2.48. The minimum atomic E-state index is 0.422. The molecule has 1 saturated carbocycles. The van der Waals surface area contributed by atoms with Gasteiger partial charge in [-0.1, -0.05) is 13.8 Å². The molecule has 0 aromatic carbocycles. The van der Waals surface area contributed by atoms with E-state index in [2.05, 4.69) is 24.5 Å². The second-order valence-electron chi connectivity index (χ2n) is 5.58. The van der Waals surface area contributed by atoms with Gasteiger partial charge in [-0.05, 0) is 44.1 Å². The highest BCUT2D eigenvalue weighted by atomic mass is 15.1.